The van der Waals surface area contributed by atoms with Gasteiger partial charge in [0.25, 0.3) is 0 Å². The van der Waals surface area contributed by atoms with Gasteiger partial charge in [-0.1, -0.05) is 28.1 Å². The Labute approximate surface area is 201 Å². The molecule has 0 aromatic heterocycles. The van der Waals surface area contributed by atoms with Crippen molar-refractivity contribution in [3.05, 3.63) is 88.6 Å². The molecule has 0 aliphatic heterocycles. The van der Waals surface area contributed by atoms with Gasteiger partial charge in [-0.15, -0.1) is 0 Å². The minimum atomic E-state index is -4.19. The fraction of sp³-hybridized carbons (Fsp3) is 0.182. The van der Waals surface area contributed by atoms with Crippen LogP contribution in [0, 0.1) is 5.82 Å². The number of sulfonamides is 1. The molecule has 3 aromatic carbocycles. The molecule has 0 amide bonds. The van der Waals surface area contributed by atoms with E-state index in [1.165, 1.54) is 35.7 Å². The summed E-state index contributed by atoms with van der Waals surface area (Å²) in [6.07, 6.45) is 0. The van der Waals surface area contributed by atoms with Gasteiger partial charge in [-0.05, 0) is 66.2 Å². The van der Waals surface area contributed by atoms with Crippen LogP contribution in [0.1, 0.15) is 5.56 Å². The molecule has 0 bridgehead atoms. The molecule has 11 heteroatoms. The predicted molar refractivity (Wildman–Crippen MR) is 124 cm³/mol. The first-order chi connectivity index (χ1) is 15.6. The molecule has 0 spiro atoms. The van der Waals surface area contributed by atoms with Gasteiger partial charge in [-0.25, -0.2) is 12.8 Å². The largest absolute Gasteiger partial charge is 0.383 e. The van der Waals surface area contributed by atoms with Gasteiger partial charge in [-0.3, -0.25) is 0 Å². The third-order valence-electron chi connectivity index (χ3n) is 4.56. The fourth-order valence-corrected chi connectivity index (χ4v) is 5.51. The lowest BCUT2D eigenvalue weighted by Gasteiger charge is -2.22. The Morgan fingerprint density at radius 2 is 1.55 bits per heavy atom. The average molecular weight is 558 g/mol. The van der Waals surface area contributed by atoms with E-state index in [2.05, 4.69) is 15.9 Å². The van der Waals surface area contributed by atoms with Crippen molar-refractivity contribution in [2.45, 2.75) is 16.3 Å². The lowest BCUT2D eigenvalue weighted by atomic mass is 10.2. The molecule has 0 saturated carbocycles. The van der Waals surface area contributed by atoms with E-state index in [-0.39, 0.29) is 35.2 Å². The van der Waals surface area contributed by atoms with Crippen molar-refractivity contribution in [1.29, 1.82) is 0 Å². The van der Waals surface area contributed by atoms with Gasteiger partial charge < -0.3 is 8.92 Å². The van der Waals surface area contributed by atoms with Crippen LogP contribution in [0.25, 0.3) is 0 Å². The van der Waals surface area contributed by atoms with Crippen molar-refractivity contribution in [3.63, 3.8) is 0 Å². The Balaban J connectivity index is 1.85. The second-order valence-corrected chi connectivity index (χ2v) is 11.3. The number of methoxy groups -OCH3 is 1. The molecule has 3 rings (SSSR count). The number of rotatable bonds is 10. The van der Waals surface area contributed by atoms with E-state index in [9.17, 15) is 21.2 Å². The standard InChI is InChI=1S/C22H21BrFNO6S2/c1-30-14-13-25(32(26,27)21-9-5-18(23)6-10-21)16-17-3-2-4-20(15-17)31-33(28,29)22-11-7-19(24)8-12-22/h2-12,15H,13-14,16H2,1H3. The van der Waals surface area contributed by atoms with Crippen LogP contribution >= 0.6 is 15.9 Å². The van der Waals surface area contributed by atoms with E-state index >= 15 is 0 Å². The lowest BCUT2D eigenvalue weighted by molar-refractivity contribution is 0.177. The first-order valence-corrected chi connectivity index (χ1v) is 13.3. The van der Waals surface area contributed by atoms with Crippen molar-refractivity contribution in [1.82, 2.24) is 4.31 Å². The second kappa shape index (κ2) is 10.7. The molecular weight excluding hydrogens is 537 g/mol. The highest BCUT2D eigenvalue weighted by molar-refractivity contribution is 9.10. The molecule has 0 saturated heterocycles. The smallest absolute Gasteiger partial charge is 0.339 e. The van der Waals surface area contributed by atoms with Crippen molar-refractivity contribution >= 4 is 36.1 Å². The molecule has 0 N–H and O–H groups in total. The summed E-state index contributed by atoms with van der Waals surface area (Å²) in [5, 5.41) is 0. The van der Waals surface area contributed by atoms with Gasteiger partial charge in [0.05, 0.1) is 11.5 Å². The monoisotopic (exact) mass is 557 g/mol. The Hall–Kier alpha value is -2.31. The third-order valence-corrected chi connectivity index (χ3v) is 8.21. The first-order valence-electron chi connectivity index (χ1n) is 9.65. The van der Waals surface area contributed by atoms with E-state index in [4.69, 9.17) is 8.92 Å². The van der Waals surface area contributed by atoms with Crippen molar-refractivity contribution in [2.75, 3.05) is 20.3 Å². The molecule has 0 aliphatic carbocycles. The van der Waals surface area contributed by atoms with Crippen LogP contribution in [-0.2, 0) is 31.4 Å². The van der Waals surface area contributed by atoms with E-state index in [0.29, 0.717) is 5.56 Å². The van der Waals surface area contributed by atoms with Crippen LogP contribution in [0.4, 0.5) is 4.39 Å². The third kappa shape index (κ3) is 6.61. The lowest BCUT2D eigenvalue weighted by Crippen LogP contribution is -2.33. The summed E-state index contributed by atoms with van der Waals surface area (Å²) in [6, 6.07) is 16.6. The van der Waals surface area contributed by atoms with Crippen LogP contribution in [0.5, 0.6) is 5.75 Å². The SMILES string of the molecule is COCCN(Cc1cccc(OS(=O)(=O)c2ccc(F)cc2)c1)S(=O)(=O)c1ccc(Br)cc1. The maximum atomic E-state index is 13.2. The molecule has 0 aliphatic rings. The summed E-state index contributed by atoms with van der Waals surface area (Å²) in [6.45, 7) is 0.230. The van der Waals surface area contributed by atoms with E-state index in [1.54, 1.807) is 24.3 Å². The molecular formula is C22H21BrFNO6S2. The predicted octanol–water partition coefficient (Wildman–Crippen LogP) is 4.19. The number of hydrogen-bond acceptors (Lipinski definition) is 6. The van der Waals surface area contributed by atoms with Crippen molar-refractivity contribution in [3.8, 4) is 5.75 Å². The highest BCUT2D eigenvalue weighted by Crippen LogP contribution is 2.24. The molecule has 33 heavy (non-hydrogen) atoms. The minimum Gasteiger partial charge on any atom is -0.383 e. The van der Waals surface area contributed by atoms with Crippen LogP contribution in [0.3, 0.4) is 0 Å². The number of halogens is 2. The zero-order valence-corrected chi connectivity index (χ0v) is 20.7. The zero-order chi connectivity index (χ0) is 24.1. The zero-order valence-electron chi connectivity index (χ0n) is 17.5. The van der Waals surface area contributed by atoms with E-state index < -0.39 is 26.0 Å². The maximum Gasteiger partial charge on any atom is 0.339 e. The summed E-state index contributed by atoms with van der Waals surface area (Å²) in [5.41, 5.74) is 0.513. The number of ether oxygens (including phenoxy) is 1. The minimum absolute atomic E-state index is 0.00422. The van der Waals surface area contributed by atoms with E-state index in [0.717, 1.165) is 28.7 Å². The number of nitrogens with zero attached hydrogens (tertiary/aromatic N) is 1. The molecule has 0 unspecified atom stereocenters. The van der Waals surface area contributed by atoms with Gasteiger partial charge in [-0.2, -0.15) is 12.7 Å². The van der Waals surface area contributed by atoms with Gasteiger partial charge in [0, 0.05) is 24.7 Å². The maximum absolute atomic E-state index is 13.2. The highest BCUT2D eigenvalue weighted by atomic mass is 79.9. The Kier molecular flexibility index (Phi) is 8.24. The van der Waals surface area contributed by atoms with Crippen LogP contribution < -0.4 is 4.18 Å². The van der Waals surface area contributed by atoms with Crippen LogP contribution in [0.2, 0.25) is 0 Å². The summed E-state index contributed by atoms with van der Waals surface area (Å²) in [4.78, 5) is -0.0815. The summed E-state index contributed by atoms with van der Waals surface area (Å²) in [5.74, 6) is -0.566. The van der Waals surface area contributed by atoms with Gasteiger partial charge in [0.2, 0.25) is 10.0 Å². The number of hydrogen-bond donors (Lipinski definition) is 0. The van der Waals surface area contributed by atoms with E-state index in [1.807, 2.05) is 0 Å². The highest BCUT2D eigenvalue weighted by Gasteiger charge is 2.25. The Bertz CT molecular complexity index is 1300. The van der Waals surface area contributed by atoms with Crippen molar-refractivity contribution in [2.24, 2.45) is 0 Å². The summed E-state index contributed by atoms with van der Waals surface area (Å²) < 4.78 is 76.7. The average Bonchev–Trinajstić information content (AvgIpc) is 2.77. The Morgan fingerprint density at radius 3 is 2.18 bits per heavy atom. The molecule has 0 heterocycles. The van der Waals surface area contributed by atoms with Crippen molar-refractivity contribution < 1.29 is 30.1 Å². The van der Waals surface area contributed by atoms with Gasteiger partial charge >= 0.3 is 10.1 Å². The summed E-state index contributed by atoms with van der Waals surface area (Å²) in [7, 11) is -6.56. The first kappa shape index (κ1) is 25.3. The van der Waals surface area contributed by atoms with Gasteiger partial charge in [0.15, 0.2) is 0 Å². The molecule has 3 aromatic rings. The second-order valence-electron chi connectivity index (χ2n) is 6.92. The molecule has 0 atom stereocenters. The normalized spacial score (nSPS) is 12.1. The van der Waals surface area contributed by atoms with Gasteiger partial charge in [0.1, 0.15) is 16.5 Å². The molecule has 7 nitrogen and oxygen atoms in total. The molecule has 0 fully saturated rings. The quantitative estimate of drug-likeness (QED) is 0.347. The topological polar surface area (TPSA) is 90.0 Å². The van der Waals surface area contributed by atoms with Crippen LogP contribution in [0.15, 0.2) is 87.1 Å². The molecule has 0 radical (unpaired) electrons. The molecule has 176 valence electrons. The summed E-state index contributed by atoms with van der Waals surface area (Å²) >= 11 is 3.29. The fourth-order valence-electron chi connectivity index (χ4n) is 2.91. The number of benzene rings is 3. The van der Waals surface area contributed by atoms with Crippen LogP contribution in [-0.4, -0.2) is 41.4 Å². The Morgan fingerprint density at radius 1 is 0.909 bits per heavy atom.